The average molecular weight is 482 g/mol. The summed E-state index contributed by atoms with van der Waals surface area (Å²) in [6.45, 7) is 2.72. The Morgan fingerprint density at radius 2 is 1.97 bits per heavy atom. The first-order valence-electron chi connectivity index (χ1n) is 10.3. The number of amides is 1. The van der Waals surface area contributed by atoms with E-state index in [9.17, 15) is 9.59 Å². The topological polar surface area (TPSA) is 111 Å². The molecule has 176 valence electrons. The highest BCUT2D eigenvalue weighted by Gasteiger charge is 2.36. The molecule has 9 nitrogen and oxygen atoms in total. The number of halogens is 1. The van der Waals surface area contributed by atoms with E-state index in [1.165, 1.54) is 10.6 Å². The largest absolute Gasteiger partial charge is 0.486 e. The van der Waals surface area contributed by atoms with Crippen LogP contribution in [-0.2, 0) is 11.3 Å². The van der Waals surface area contributed by atoms with Gasteiger partial charge in [-0.1, -0.05) is 55.4 Å². The van der Waals surface area contributed by atoms with Gasteiger partial charge in [0.15, 0.2) is 5.82 Å². The average Bonchev–Trinajstić information content (AvgIpc) is 3.22. The lowest BCUT2D eigenvalue weighted by molar-refractivity contribution is -0.0594. The molecule has 5 rings (SSSR count). The molecule has 3 heterocycles. The monoisotopic (exact) mass is 481 g/mol. The minimum absolute atomic E-state index is 0. The molecule has 0 unspecified atom stereocenters. The molecular formula is C24H24ClN5O4. The summed E-state index contributed by atoms with van der Waals surface area (Å²) in [4.78, 5) is 34.3. The van der Waals surface area contributed by atoms with Gasteiger partial charge in [-0.15, -0.1) is 0 Å². The maximum Gasteiger partial charge on any atom is 0.274 e. The summed E-state index contributed by atoms with van der Waals surface area (Å²) >= 11 is 6.31. The molecule has 0 saturated carbocycles. The second kappa shape index (κ2) is 9.28. The highest BCUT2D eigenvalue weighted by atomic mass is 35.5. The SMILES string of the molecule is C.CC1(NC(=O)c2c(Cl)cccc2OCc2cc(=O)n3[nH]c(-c4ccccc4)nc3n2)COC1. The number of carbonyl (C=O) groups excluding carboxylic acids is 1. The van der Waals surface area contributed by atoms with Crippen molar-refractivity contribution in [1.29, 1.82) is 0 Å². The Bertz CT molecular complexity index is 1400. The van der Waals surface area contributed by atoms with Crippen molar-refractivity contribution in [2.24, 2.45) is 0 Å². The van der Waals surface area contributed by atoms with Crippen molar-refractivity contribution in [3.63, 3.8) is 0 Å². The van der Waals surface area contributed by atoms with E-state index >= 15 is 0 Å². The van der Waals surface area contributed by atoms with Crippen LogP contribution in [0.25, 0.3) is 17.2 Å². The first-order chi connectivity index (χ1) is 15.9. The van der Waals surface area contributed by atoms with Crippen LogP contribution in [0.2, 0.25) is 5.02 Å². The molecule has 1 fully saturated rings. The summed E-state index contributed by atoms with van der Waals surface area (Å²) in [5, 5.41) is 6.14. The zero-order valence-electron chi connectivity index (χ0n) is 17.7. The summed E-state index contributed by atoms with van der Waals surface area (Å²) < 4.78 is 12.3. The first-order valence-corrected chi connectivity index (χ1v) is 10.7. The van der Waals surface area contributed by atoms with Crippen molar-refractivity contribution in [3.8, 4) is 17.1 Å². The number of carbonyl (C=O) groups is 1. The summed E-state index contributed by atoms with van der Waals surface area (Å²) in [5.74, 6) is 0.685. The number of aromatic nitrogens is 4. The predicted molar refractivity (Wildman–Crippen MR) is 128 cm³/mol. The summed E-state index contributed by atoms with van der Waals surface area (Å²) in [7, 11) is 0. The van der Waals surface area contributed by atoms with E-state index in [2.05, 4.69) is 20.4 Å². The van der Waals surface area contributed by atoms with Crippen molar-refractivity contribution in [3.05, 3.63) is 81.2 Å². The number of hydrogen-bond donors (Lipinski definition) is 2. The lowest BCUT2D eigenvalue weighted by Crippen LogP contribution is -2.59. The quantitative estimate of drug-likeness (QED) is 0.436. The third-order valence-corrected chi connectivity index (χ3v) is 5.58. The highest BCUT2D eigenvalue weighted by molar-refractivity contribution is 6.34. The zero-order chi connectivity index (χ0) is 23.0. The van der Waals surface area contributed by atoms with E-state index in [0.717, 1.165) is 5.56 Å². The van der Waals surface area contributed by atoms with Gasteiger partial charge in [0.25, 0.3) is 17.2 Å². The van der Waals surface area contributed by atoms with Crippen LogP contribution in [0.4, 0.5) is 0 Å². The van der Waals surface area contributed by atoms with Gasteiger partial charge in [-0.05, 0) is 19.1 Å². The molecule has 0 atom stereocenters. The van der Waals surface area contributed by atoms with Crippen molar-refractivity contribution < 1.29 is 14.3 Å². The molecule has 1 aliphatic heterocycles. The zero-order valence-corrected chi connectivity index (χ0v) is 18.4. The number of nitrogens with one attached hydrogen (secondary N) is 2. The molecule has 2 aromatic heterocycles. The molecule has 2 N–H and O–H groups in total. The molecule has 10 heteroatoms. The number of fused-ring (bicyclic) bond motifs is 1. The Balaban J connectivity index is 0.00000274. The van der Waals surface area contributed by atoms with Crippen LogP contribution in [0, 0.1) is 0 Å². The van der Waals surface area contributed by atoms with Gasteiger partial charge in [0, 0.05) is 11.6 Å². The smallest absolute Gasteiger partial charge is 0.274 e. The van der Waals surface area contributed by atoms with Gasteiger partial charge in [-0.25, -0.2) is 4.98 Å². The molecule has 2 aromatic carbocycles. The van der Waals surface area contributed by atoms with Gasteiger partial charge in [-0.2, -0.15) is 9.50 Å². The minimum Gasteiger partial charge on any atom is -0.486 e. The first kappa shape index (κ1) is 23.5. The number of rotatable bonds is 6. The number of nitrogens with zero attached hydrogens (tertiary/aromatic N) is 3. The molecule has 1 amide bonds. The molecule has 0 bridgehead atoms. The van der Waals surface area contributed by atoms with E-state index < -0.39 is 5.54 Å². The van der Waals surface area contributed by atoms with E-state index in [1.807, 2.05) is 37.3 Å². The molecule has 4 aromatic rings. The lowest BCUT2D eigenvalue weighted by Gasteiger charge is -2.38. The molecule has 1 aliphatic rings. The summed E-state index contributed by atoms with van der Waals surface area (Å²) in [6.07, 6.45) is 0. The van der Waals surface area contributed by atoms with Gasteiger partial charge >= 0.3 is 0 Å². The van der Waals surface area contributed by atoms with E-state index in [4.69, 9.17) is 21.1 Å². The molecule has 1 saturated heterocycles. The third kappa shape index (κ3) is 4.52. The number of H-pyrrole nitrogens is 1. The van der Waals surface area contributed by atoms with Gasteiger partial charge in [0.1, 0.15) is 12.4 Å². The van der Waals surface area contributed by atoms with Gasteiger partial charge in [0.05, 0.1) is 35.0 Å². The number of hydrogen-bond acceptors (Lipinski definition) is 6. The van der Waals surface area contributed by atoms with Crippen LogP contribution in [-0.4, -0.2) is 44.2 Å². The summed E-state index contributed by atoms with van der Waals surface area (Å²) in [5.41, 5.74) is 0.661. The van der Waals surface area contributed by atoms with E-state index in [0.29, 0.717) is 24.7 Å². The van der Waals surface area contributed by atoms with Crippen molar-refractivity contribution in [1.82, 2.24) is 24.9 Å². The standard InChI is InChI=1S/C23H20ClN5O4.CH4/c1-23(12-32-13-23)27-21(31)19-16(24)8-5-9-17(19)33-11-15-10-18(30)29-22(25-15)26-20(28-29)14-6-3-2-4-7-14;/h2-10H,11-13H2,1H3,(H,27,31)(H,25,26,28);1H4. The Kier molecular flexibility index (Phi) is 6.41. The maximum atomic E-state index is 12.9. The third-order valence-electron chi connectivity index (χ3n) is 5.27. The Hall–Kier alpha value is -3.69. The van der Waals surface area contributed by atoms with Crippen LogP contribution >= 0.6 is 11.6 Å². The van der Waals surface area contributed by atoms with Crippen molar-refractivity contribution >= 4 is 23.3 Å². The normalized spacial score (nSPS) is 14.2. The van der Waals surface area contributed by atoms with Gasteiger partial charge < -0.3 is 14.8 Å². The van der Waals surface area contributed by atoms with Crippen LogP contribution in [0.5, 0.6) is 5.75 Å². The second-order valence-electron chi connectivity index (χ2n) is 8.07. The number of ether oxygens (including phenoxy) is 2. The van der Waals surface area contributed by atoms with Gasteiger partial charge in [0.2, 0.25) is 0 Å². The fourth-order valence-corrected chi connectivity index (χ4v) is 3.79. The van der Waals surface area contributed by atoms with Gasteiger partial charge in [-0.3, -0.25) is 14.7 Å². The van der Waals surface area contributed by atoms with E-state index in [1.54, 1.807) is 18.2 Å². The van der Waals surface area contributed by atoms with Crippen LogP contribution in [0.15, 0.2) is 59.4 Å². The Morgan fingerprint density at radius 3 is 2.68 bits per heavy atom. The van der Waals surface area contributed by atoms with Crippen LogP contribution in [0.3, 0.4) is 0 Å². The van der Waals surface area contributed by atoms with Crippen molar-refractivity contribution in [2.75, 3.05) is 13.2 Å². The Labute approximate surface area is 200 Å². The van der Waals surface area contributed by atoms with E-state index in [-0.39, 0.29) is 47.6 Å². The van der Waals surface area contributed by atoms with Crippen molar-refractivity contribution in [2.45, 2.75) is 26.5 Å². The molecular weight excluding hydrogens is 458 g/mol. The fraction of sp³-hybridized carbons (Fsp3) is 0.250. The molecule has 0 radical (unpaired) electrons. The molecule has 0 aliphatic carbocycles. The maximum absolute atomic E-state index is 12.9. The number of benzene rings is 2. The van der Waals surface area contributed by atoms with Crippen LogP contribution in [0.1, 0.15) is 30.4 Å². The molecule has 0 spiro atoms. The fourth-order valence-electron chi connectivity index (χ4n) is 3.54. The summed E-state index contributed by atoms with van der Waals surface area (Å²) in [6, 6.07) is 15.7. The Morgan fingerprint density at radius 1 is 1.21 bits per heavy atom. The minimum atomic E-state index is -0.439. The second-order valence-corrected chi connectivity index (χ2v) is 8.48. The lowest BCUT2D eigenvalue weighted by atomic mass is 10.00. The van der Waals surface area contributed by atoms with Crippen LogP contribution < -0.4 is 15.6 Å². The predicted octanol–water partition coefficient (Wildman–Crippen LogP) is 3.47. The number of aromatic amines is 1. The molecule has 34 heavy (non-hydrogen) atoms. The highest BCUT2D eigenvalue weighted by Crippen LogP contribution is 2.28.